The van der Waals surface area contributed by atoms with Gasteiger partial charge >= 0.3 is 4.90 Å². The van der Waals surface area contributed by atoms with Gasteiger partial charge in [0, 0.05) is 25.1 Å². The Morgan fingerprint density at radius 1 is 1.00 bits per heavy atom. The summed E-state index contributed by atoms with van der Waals surface area (Å²) < 4.78 is 10.2. The van der Waals surface area contributed by atoms with Gasteiger partial charge in [0.2, 0.25) is 0 Å². The molecule has 0 aliphatic heterocycles. The maximum atomic E-state index is 5.10. The highest BCUT2D eigenvalue weighted by Crippen LogP contribution is 2.12. The van der Waals surface area contributed by atoms with Crippen LogP contribution >= 0.6 is 12.2 Å². The van der Waals surface area contributed by atoms with E-state index in [-0.39, 0.29) is 4.90 Å². The van der Waals surface area contributed by atoms with Crippen LogP contribution in [0.15, 0.2) is 8.83 Å². The minimum absolute atomic E-state index is 0.244. The maximum Gasteiger partial charge on any atom is 0.363 e. The van der Waals surface area contributed by atoms with Crippen molar-refractivity contribution in [3.05, 3.63) is 16.4 Å². The highest BCUT2D eigenvalue weighted by atomic mass is 32.1. The molecule has 1 heterocycles. The van der Waals surface area contributed by atoms with E-state index in [1.54, 1.807) is 0 Å². The minimum atomic E-state index is 0.244. The molecule has 70 valence electrons. The van der Waals surface area contributed by atoms with Gasteiger partial charge in [-0.3, -0.25) is 0 Å². The second-order valence-corrected chi connectivity index (χ2v) is 2.34. The summed E-state index contributed by atoms with van der Waals surface area (Å²) in [4.78, 5) is 0.244. The Labute approximate surface area is 78.6 Å². The van der Waals surface area contributed by atoms with Crippen molar-refractivity contribution in [3.8, 4) is 0 Å². The van der Waals surface area contributed by atoms with E-state index in [0.29, 0.717) is 0 Å². The normalized spacial score (nSPS) is 9.00. The van der Waals surface area contributed by atoms with Crippen molar-refractivity contribution in [1.29, 1.82) is 0 Å². The first-order chi connectivity index (χ1) is 5.77. The molecule has 0 fully saturated rings. The second kappa shape index (κ2) is 6.00. The van der Waals surface area contributed by atoms with Crippen LogP contribution in [0.25, 0.3) is 0 Å². The monoisotopic (exact) mass is 188 g/mol. The van der Waals surface area contributed by atoms with Gasteiger partial charge in [0.25, 0.3) is 0 Å². The van der Waals surface area contributed by atoms with Gasteiger partial charge < -0.3 is 8.83 Å². The Morgan fingerprint density at radius 3 is 1.58 bits per heavy atom. The molecule has 0 N–H and O–H groups in total. The SMILES string of the molecule is CC.CCc1oc(=S)oc1CC. The van der Waals surface area contributed by atoms with Gasteiger partial charge in [0.05, 0.1) is 0 Å². The molecule has 0 aliphatic rings. The first kappa shape index (κ1) is 11.4. The molecule has 0 saturated carbocycles. The second-order valence-electron chi connectivity index (χ2n) is 2.01. The van der Waals surface area contributed by atoms with Crippen LogP contribution in [0.3, 0.4) is 0 Å². The molecule has 0 bridgehead atoms. The number of hydrogen-bond donors (Lipinski definition) is 0. The molecule has 0 radical (unpaired) electrons. The van der Waals surface area contributed by atoms with Crippen LogP contribution in [0.2, 0.25) is 0 Å². The summed E-state index contributed by atoms with van der Waals surface area (Å²) in [5, 5.41) is 0. The summed E-state index contributed by atoms with van der Waals surface area (Å²) >= 11 is 4.72. The van der Waals surface area contributed by atoms with Crippen LogP contribution < -0.4 is 0 Å². The molecule has 3 heteroatoms. The third-order valence-electron chi connectivity index (χ3n) is 1.37. The lowest BCUT2D eigenvalue weighted by Crippen LogP contribution is -1.81. The minimum Gasteiger partial charge on any atom is -0.418 e. The van der Waals surface area contributed by atoms with E-state index in [9.17, 15) is 0 Å². The average Bonchev–Trinajstić information content (AvgIpc) is 2.49. The van der Waals surface area contributed by atoms with Crippen molar-refractivity contribution in [1.82, 2.24) is 0 Å². The van der Waals surface area contributed by atoms with Gasteiger partial charge in [-0.05, 0) is 0 Å². The molecule has 0 aliphatic carbocycles. The third-order valence-corrected chi connectivity index (χ3v) is 1.53. The van der Waals surface area contributed by atoms with E-state index in [4.69, 9.17) is 21.1 Å². The fourth-order valence-electron chi connectivity index (χ4n) is 0.875. The van der Waals surface area contributed by atoms with Crippen molar-refractivity contribution in [2.45, 2.75) is 40.5 Å². The summed E-state index contributed by atoms with van der Waals surface area (Å²) in [5.41, 5.74) is 0. The van der Waals surface area contributed by atoms with E-state index in [1.165, 1.54) is 0 Å². The van der Waals surface area contributed by atoms with Gasteiger partial charge in [-0.2, -0.15) is 0 Å². The maximum absolute atomic E-state index is 5.10. The topological polar surface area (TPSA) is 26.3 Å². The van der Waals surface area contributed by atoms with Crippen LogP contribution in [0.5, 0.6) is 0 Å². The quantitative estimate of drug-likeness (QED) is 0.661. The van der Waals surface area contributed by atoms with Crippen LogP contribution in [0.1, 0.15) is 39.2 Å². The van der Waals surface area contributed by atoms with Gasteiger partial charge in [-0.1, -0.05) is 27.7 Å². The predicted octanol–water partition coefficient (Wildman–Crippen LogP) is 3.75. The predicted molar refractivity (Wildman–Crippen MR) is 51.9 cm³/mol. The Hall–Kier alpha value is -0.570. The first-order valence-electron chi connectivity index (χ1n) is 4.39. The van der Waals surface area contributed by atoms with Gasteiger partial charge in [-0.25, -0.2) is 0 Å². The van der Waals surface area contributed by atoms with E-state index in [2.05, 4.69) is 0 Å². The molecule has 1 aromatic rings. The lowest BCUT2D eigenvalue weighted by atomic mass is 10.2. The van der Waals surface area contributed by atoms with Crippen molar-refractivity contribution >= 4 is 12.2 Å². The number of hydrogen-bond acceptors (Lipinski definition) is 3. The molecule has 0 atom stereocenters. The first-order valence-corrected chi connectivity index (χ1v) is 4.80. The summed E-state index contributed by atoms with van der Waals surface area (Å²) in [6.07, 6.45) is 1.70. The molecular weight excluding hydrogens is 172 g/mol. The third kappa shape index (κ3) is 2.81. The highest BCUT2D eigenvalue weighted by molar-refractivity contribution is 7.71. The van der Waals surface area contributed by atoms with Crippen LogP contribution in [0, 0.1) is 4.90 Å². The number of aryl methyl sites for hydroxylation is 2. The van der Waals surface area contributed by atoms with Crippen LogP contribution in [0.4, 0.5) is 0 Å². The molecule has 12 heavy (non-hydrogen) atoms. The lowest BCUT2D eigenvalue weighted by Gasteiger charge is -1.88. The molecule has 1 aromatic heterocycles. The largest absolute Gasteiger partial charge is 0.418 e. The van der Waals surface area contributed by atoms with E-state index in [0.717, 1.165) is 24.4 Å². The molecule has 1 rings (SSSR count). The summed E-state index contributed by atoms with van der Waals surface area (Å²) in [7, 11) is 0. The van der Waals surface area contributed by atoms with Gasteiger partial charge in [-0.15, -0.1) is 0 Å². The molecule has 0 amide bonds. The summed E-state index contributed by atoms with van der Waals surface area (Å²) in [6.45, 7) is 8.03. The molecule has 2 nitrogen and oxygen atoms in total. The van der Waals surface area contributed by atoms with Crippen molar-refractivity contribution in [3.63, 3.8) is 0 Å². The lowest BCUT2D eigenvalue weighted by molar-refractivity contribution is 0.399. The molecular formula is C9H16O2S. The summed E-state index contributed by atoms with van der Waals surface area (Å²) in [5.74, 6) is 1.76. The van der Waals surface area contributed by atoms with Crippen LogP contribution in [-0.4, -0.2) is 0 Å². The zero-order chi connectivity index (χ0) is 9.56. The fourth-order valence-corrected chi connectivity index (χ4v) is 1.08. The average molecular weight is 188 g/mol. The molecule has 0 aromatic carbocycles. The zero-order valence-corrected chi connectivity index (χ0v) is 8.96. The van der Waals surface area contributed by atoms with Gasteiger partial charge in [0.1, 0.15) is 11.5 Å². The van der Waals surface area contributed by atoms with Crippen molar-refractivity contribution in [2.75, 3.05) is 0 Å². The van der Waals surface area contributed by atoms with Crippen LogP contribution in [-0.2, 0) is 12.8 Å². The standard InChI is InChI=1S/C7H10O2S.C2H6/c1-3-5-6(4-2)9-7(10)8-5;1-2/h3-4H2,1-2H3;1-2H3. The fraction of sp³-hybridized carbons (Fsp3) is 0.667. The van der Waals surface area contributed by atoms with Crippen molar-refractivity contribution < 1.29 is 8.83 Å². The van der Waals surface area contributed by atoms with Crippen molar-refractivity contribution in [2.24, 2.45) is 0 Å². The molecule has 0 unspecified atom stereocenters. The van der Waals surface area contributed by atoms with Gasteiger partial charge in [0.15, 0.2) is 0 Å². The molecule has 0 saturated heterocycles. The Bertz CT molecular complexity index is 235. The van der Waals surface area contributed by atoms with E-state index in [1.807, 2.05) is 27.7 Å². The Kier molecular flexibility index (Phi) is 5.72. The van der Waals surface area contributed by atoms with E-state index < -0.39 is 0 Å². The summed E-state index contributed by atoms with van der Waals surface area (Å²) in [6, 6.07) is 0. The Morgan fingerprint density at radius 2 is 1.33 bits per heavy atom. The molecule has 0 spiro atoms. The smallest absolute Gasteiger partial charge is 0.363 e. The number of rotatable bonds is 2. The zero-order valence-electron chi connectivity index (χ0n) is 8.14. The highest BCUT2D eigenvalue weighted by Gasteiger charge is 2.05. The Balaban J connectivity index is 0.000000561. The van der Waals surface area contributed by atoms with E-state index >= 15 is 0 Å².